The van der Waals surface area contributed by atoms with Crippen molar-refractivity contribution in [2.75, 3.05) is 32.8 Å². The predicted octanol–water partition coefficient (Wildman–Crippen LogP) is 2.74. The van der Waals surface area contributed by atoms with Crippen LogP contribution in [-0.4, -0.2) is 55.3 Å². The van der Waals surface area contributed by atoms with Crippen molar-refractivity contribution in [3.63, 3.8) is 0 Å². The molecule has 2 unspecified atom stereocenters. The molecule has 0 aromatic carbocycles. The quantitative estimate of drug-likeness (QED) is 0.687. The minimum Gasteiger partial charge on any atom is -0.395 e. The van der Waals surface area contributed by atoms with Crippen LogP contribution >= 0.6 is 0 Å². The molecule has 0 heterocycles. The zero-order chi connectivity index (χ0) is 15.9. The second-order valence-corrected chi connectivity index (χ2v) is 7.09. The maximum Gasteiger partial charge on any atom is 0.251 e. The van der Waals surface area contributed by atoms with Gasteiger partial charge in [-0.25, -0.2) is 8.78 Å². The summed E-state index contributed by atoms with van der Waals surface area (Å²) < 4.78 is 25.5. The second-order valence-electron chi connectivity index (χ2n) is 7.09. The van der Waals surface area contributed by atoms with E-state index in [4.69, 9.17) is 5.11 Å². The van der Waals surface area contributed by atoms with E-state index in [1.807, 2.05) is 0 Å². The summed E-state index contributed by atoms with van der Waals surface area (Å²) in [5, 5.41) is 12.6. The van der Waals surface area contributed by atoms with E-state index in [1.54, 1.807) is 4.90 Å². The summed E-state index contributed by atoms with van der Waals surface area (Å²) in [4.78, 5) is 1.74. The number of nitrogens with zero attached hydrogens (tertiary/aromatic N) is 1. The van der Waals surface area contributed by atoms with Crippen molar-refractivity contribution < 1.29 is 13.9 Å². The maximum absolute atomic E-state index is 12.7. The molecule has 0 bridgehead atoms. The average Bonchev–Trinajstić information content (AvgIpc) is 2.36. The number of hydrogen-bond donors (Lipinski definition) is 2. The van der Waals surface area contributed by atoms with E-state index < -0.39 is 6.43 Å². The van der Waals surface area contributed by atoms with Crippen molar-refractivity contribution >= 4 is 0 Å². The van der Waals surface area contributed by atoms with Crippen LogP contribution in [-0.2, 0) is 0 Å². The summed E-state index contributed by atoms with van der Waals surface area (Å²) >= 11 is 0. The van der Waals surface area contributed by atoms with E-state index in [0.717, 1.165) is 19.4 Å². The van der Waals surface area contributed by atoms with Gasteiger partial charge >= 0.3 is 0 Å². The monoisotopic (exact) mass is 306 g/mol. The summed E-state index contributed by atoms with van der Waals surface area (Å²) in [6.07, 6.45) is 2.23. The average molecular weight is 306 g/mol. The van der Waals surface area contributed by atoms with Crippen molar-refractivity contribution in [1.82, 2.24) is 10.2 Å². The number of halogens is 2. The van der Waals surface area contributed by atoms with Gasteiger partial charge in [-0.05, 0) is 24.2 Å². The summed E-state index contributed by atoms with van der Waals surface area (Å²) in [6, 6.07) is 0.403. The maximum atomic E-state index is 12.7. The van der Waals surface area contributed by atoms with Crippen LogP contribution in [0.1, 0.15) is 46.5 Å². The number of rotatable bonds is 9. The predicted molar refractivity (Wildman–Crippen MR) is 82.7 cm³/mol. The highest BCUT2D eigenvalue weighted by atomic mass is 19.3. The van der Waals surface area contributed by atoms with Crippen molar-refractivity contribution in [3.05, 3.63) is 0 Å². The summed E-state index contributed by atoms with van der Waals surface area (Å²) in [5.74, 6) is 0.648. The largest absolute Gasteiger partial charge is 0.395 e. The third-order valence-electron chi connectivity index (χ3n) is 4.44. The Labute approximate surface area is 128 Å². The molecule has 0 saturated heterocycles. The van der Waals surface area contributed by atoms with Gasteiger partial charge in [0.2, 0.25) is 0 Å². The fourth-order valence-corrected chi connectivity index (χ4v) is 3.60. The highest BCUT2D eigenvalue weighted by Crippen LogP contribution is 2.39. The van der Waals surface area contributed by atoms with Crippen LogP contribution in [0.15, 0.2) is 0 Å². The molecule has 2 atom stereocenters. The first-order chi connectivity index (χ1) is 9.87. The minimum atomic E-state index is -2.34. The molecule has 21 heavy (non-hydrogen) atoms. The van der Waals surface area contributed by atoms with Crippen molar-refractivity contribution in [3.8, 4) is 0 Å². The molecular formula is C16H32F2N2O. The van der Waals surface area contributed by atoms with E-state index in [9.17, 15) is 8.78 Å². The molecule has 0 aliphatic heterocycles. The van der Waals surface area contributed by atoms with Gasteiger partial charge in [-0.15, -0.1) is 0 Å². The molecule has 1 saturated carbocycles. The normalized spacial score (nSPS) is 27.0. The second kappa shape index (κ2) is 9.01. The molecule has 3 nitrogen and oxygen atoms in total. The van der Waals surface area contributed by atoms with E-state index in [1.165, 1.54) is 12.8 Å². The SMILES string of the molecule is CC1CCCC(CNC(C)C)(CN(CCO)CC(F)F)C1. The van der Waals surface area contributed by atoms with Crippen LogP contribution < -0.4 is 5.32 Å². The number of aliphatic hydroxyl groups excluding tert-OH is 1. The molecule has 5 heteroatoms. The van der Waals surface area contributed by atoms with Crippen molar-refractivity contribution in [2.45, 2.75) is 58.9 Å². The summed E-state index contributed by atoms with van der Waals surface area (Å²) in [7, 11) is 0. The van der Waals surface area contributed by atoms with Crippen molar-refractivity contribution in [2.24, 2.45) is 11.3 Å². The van der Waals surface area contributed by atoms with Gasteiger partial charge in [0.1, 0.15) is 0 Å². The molecule has 0 radical (unpaired) electrons. The first-order valence-electron chi connectivity index (χ1n) is 8.21. The molecule has 0 spiro atoms. The van der Waals surface area contributed by atoms with Gasteiger partial charge in [-0.2, -0.15) is 0 Å². The first kappa shape index (κ1) is 18.8. The fourth-order valence-electron chi connectivity index (χ4n) is 3.60. The molecule has 1 fully saturated rings. The molecule has 0 aromatic heterocycles. The molecule has 1 aliphatic carbocycles. The van der Waals surface area contributed by atoms with Gasteiger partial charge in [0.05, 0.1) is 13.2 Å². The molecule has 0 aromatic rings. The lowest BCUT2D eigenvalue weighted by molar-refractivity contribution is 0.0286. The standard InChI is InChI=1S/C16H32F2N2O/c1-13(2)19-11-16(6-4-5-14(3)9-16)12-20(7-8-21)10-15(17)18/h13-15,19,21H,4-12H2,1-3H3. The first-order valence-corrected chi connectivity index (χ1v) is 8.21. The fraction of sp³-hybridized carbons (Fsp3) is 1.00. The zero-order valence-corrected chi connectivity index (χ0v) is 13.7. The molecule has 0 amide bonds. The van der Waals surface area contributed by atoms with Crippen LogP contribution in [0, 0.1) is 11.3 Å². The Morgan fingerprint density at radius 1 is 1.38 bits per heavy atom. The smallest absolute Gasteiger partial charge is 0.251 e. The van der Waals surface area contributed by atoms with Crippen LogP contribution in [0.2, 0.25) is 0 Å². The highest BCUT2D eigenvalue weighted by molar-refractivity contribution is 4.90. The van der Waals surface area contributed by atoms with Gasteiger partial charge in [-0.1, -0.05) is 33.6 Å². The van der Waals surface area contributed by atoms with Gasteiger partial charge in [-0.3, -0.25) is 4.90 Å². The Balaban J connectivity index is 2.73. The van der Waals surface area contributed by atoms with Crippen molar-refractivity contribution in [1.29, 1.82) is 0 Å². The Morgan fingerprint density at radius 2 is 2.10 bits per heavy atom. The lowest BCUT2D eigenvalue weighted by Gasteiger charge is -2.44. The van der Waals surface area contributed by atoms with Crippen LogP contribution in [0.3, 0.4) is 0 Å². The summed E-state index contributed by atoms with van der Waals surface area (Å²) in [5.41, 5.74) is 0.0615. The number of aliphatic hydroxyl groups is 1. The Hall–Kier alpha value is -0.260. The van der Waals surface area contributed by atoms with Crippen LogP contribution in [0.4, 0.5) is 8.78 Å². The molecular weight excluding hydrogens is 274 g/mol. The van der Waals surface area contributed by atoms with Gasteiger partial charge in [0, 0.05) is 25.7 Å². The molecule has 1 aliphatic rings. The number of nitrogens with one attached hydrogen (secondary N) is 1. The molecule has 126 valence electrons. The lowest BCUT2D eigenvalue weighted by Crippen LogP contribution is -2.49. The molecule has 1 rings (SSSR count). The van der Waals surface area contributed by atoms with E-state index >= 15 is 0 Å². The number of hydrogen-bond acceptors (Lipinski definition) is 3. The van der Waals surface area contributed by atoms with Gasteiger partial charge < -0.3 is 10.4 Å². The van der Waals surface area contributed by atoms with E-state index in [0.29, 0.717) is 25.0 Å². The topological polar surface area (TPSA) is 35.5 Å². The van der Waals surface area contributed by atoms with Crippen LogP contribution in [0.25, 0.3) is 0 Å². The molecule has 2 N–H and O–H groups in total. The zero-order valence-electron chi connectivity index (χ0n) is 13.7. The Morgan fingerprint density at radius 3 is 2.62 bits per heavy atom. The van der Waals surface area contributed by atoms with Gasteiger partial charge in [0.15, 0.2) is 0 Å². The van der Waals surface area contributed by atoms with E-state index in [2.05, 4.69) is 26.1 Å². The van der Waals surface area contributed by atoms with Gasteiger partial charge in [0.25, 0.3) is 6.43 Å². The highest BCUT2D eigenvalue weighted by Gasteiger charge is 2.36. The minimum absolute atomic E-state index is 0.0596. The number of alkyl halides is 2. The van der Waals surface area contributed by atoms with E-state index in [-0.39, 0.29) is 18.6 Å². The third-order valence-corrected chi connectivity index (χ3v) is 4.44. The summed E-state index contributed by atoms with van der Waals surface area (Å²) in [6.45, 7) is 8.06. The lowest BCUT2D eigenvalue weighted by atomic mass is 9.69. The third kappa shape index (κ3) is 7.02. The Kier molecular flexibility index (Phi) is 8.06. The Bertz CT molecular complexity index is 289. The van der Waals surface area contributed by atoms with Crippen LogP contribution in [0.5, 0.6) is 0 Å².